The van der Waals surface area contributed by atoms with Crippen LogP contribution in [-0.2, 0) is 10.0 Å². The van der Waals surface area contributed by atoms with Crippen LogP contribution in [0.4, 0.5) is 11.5 Å². The first-order chi connectivity index (χ1) is 16.3. The highest BCUT2D eigenvalue weighted by molar-refractivity contribution is 7.92. The number of ether oxygens (including phenoxy) is 1. The number of benzene rings is 1. The molecule has 1 aromatic carbocycles. The summed E-state index contributed by atoms with van der Waals surface area (Å²) in [5.41, 5.74) is 1.69. The molecule has 0 unspecified atom stereocenters. The van der Waals surface area contributed by atoms with Gasteiger partial charge in [-0.3, -0.25) is 4.90 Å². The van der Waals surface area contributed by atoms with Crippen LogP contribution in [-0.4, -0.2) is 104 Å². The highest BCUT2D eigenvalue weighted by atomic mass is 32.2. The fourth-order valence-corrected chi connectivity index (χ4v) is 5.17. The van der Waals surface area contributed by atoms with Gasteiger partial charge in [0.1, 0.15) is 18.0 Å². The number of nitrogens with one attached hydrogen (secondary N) is 1. The number of hydrogen-bond donors (Lipinski definition) is 2. The number of rotatable bonds is 6. The lowest BCUT2D eigenvalue weighted by Crippen LogP contribution is -2.47. The molecule has 1 fully saturated rings. The first-order valence-corrected chi connectivity index (χ1v) is 13.0. The first-order valence-electron chi connectivity index (χ1n) is 11.2. The summed E-state index contributed by atoms with van der Waals surface area (Å²) in [7, 11) is -1.77. The largest absolute Gasteiger partial charge is 0.508 e. The highest BCUT2D eigenvalue weighted by Crippen LogP contribution is 2.42. The molecule has 0 saturated carbocycles. The Morgan fingerprint density at radius 3 is 2.74 bits per heavy atom. The number of sulfonamides is 1. The van der Waals surface area contributed by atoms with Gasteiger partial charge in [0.25, 0.3) is 0 Å². The van der Waals surface area contributed by atoms with Crippen LogP contribution in [0.3, 0.4) is 0 Å². The molecule has 3 aromatic rings. The Morgan fingerprint density at radius 2 is 2.00 bits per heavy atom. The number of anilines is 2. The zero-order chi connectivity index (χ0) is 23.9. The summed E-state index contributed by atoms with van der Waals surface area (Å²) >= 11 is 0. The molecule has 2 N–H and O–H groups in total. The smallest absolute Gasteiger partial charge is 0.233 e. The van der Waals surface area contributed by atoms with Crippen LogP contribution in [0.1, 0.15) is 0 Å². The van der Waals surface area contributed by atoms with E-state index in [4.69, 9.17) is 9.84 Å². The fourth-order valence-electron chi connectivity index (χ4n) is 4.33. The quantitative estimate of drug-likeness (QED) is 0.489. The number of aromatic nitrogens is 4. The summed E-state index contributed by atoms with van der Waals surface area (Å²) in [6.45, 7) is 5.28. The van der Waals surface area contributed by atoms with Crippen molar-refractivity contribution in [3.63, 3.8) is 0 Å². The fraction of sp³-hybridized carbons (Fsp3) is 0.476. The van der Waals surface area contributed by atoms with Gasteiger partial charge in [-0.05, 0) is 12.1 Å². The standard InChI is InChI=1S/C21H28N8O4S/c1-26-12-13-33-18-17(26)20-24-23-19(15-4-3-5-16(30)14-15)29(20)25-21(18)28(34(2,31)32)11-10-27-8-6-22-7-9-27/h3-5,14,22,30H,6-13H2,1-2H3. The van der Waals surface area contributed by atoms with Crippen molar-refractivity contribution in [2.45, 2.75) is 0 Å². The molecule has 2 aromatic heterocycles. The van der Waals surface area contributed by atoms with Gasteiger partial charge in [-0.15, -0.1) is 15.3 Å². The van der Waals surface area contributed by atoms with Gasteiger partial charge < -0.3 is 20.1 Å². The number of hydrogen-bond acceptors (Lipinski definition) is 10. The molecule has 0 atom stereocenters. The van der Waals surface area contributed by atoms with E-state index >= 15 is 0 Å². The van der Waals surface area contributed by atoms with Gasteiger partial charge in [0.05, 0.1) is 12.8 Å². The minimum atomic E-state index is -3.67. The second kappa shape index (κ2) is 8.89. The molecular weight excluding hydrogens is 460 g/mol. The van der Waals surface area contributed by atoms with Crippen LogP contribution in [0.5, 0.6) is 11.5 Å². The molecule has 0 aliphatic carbocycles. The SMILES string of the molecule is CN1CCOc2c(N(CCN3CCNCC3)S(C)(=O)=O)nn3c(-c4cccc(O)c4)nnc3c21. The van der Waals surface area contributed by atoms with Gasteiger partial charge in [0.2, 0.25) is 21.5 Å². The topological polar surface area (TPSA) is 128 Å². The van der Waals surface area contributed by atoms with Gasteiger partial charge in [-0.25, -0.2) is 12.7 Å². The number of aromatic hydroxyl groups is 1. The van der Waals surface area contributed by atoms with E-state index in [-0.39, 0.29) is 18.1 Å². The Kier molecular flexibility index (Phi) is 5.91. The van der Waals surface area contributed by atoms with E-state index in [1.54, 1.807) is 24.3 Å². The number of likely N-dealkylation sites (N-methyl/N-ethyl adjacent to an activating group) is 1. The van der Waals surface area contributed by atoms with Crippen LogP contribution in [0, 0.1) is 0 Å². The minimum absolute atomic E-state index is 0.0849. The van der Waals surface area contributed by atoms with Gasteiger partial charge >= 0.3 is 0 Å². The normalized spacial score (nSPS) is 16.9. The Hall–Kier alpha value is -3.16. The summed E-state index contributed by atoms with van der Waals surface area (Å²) in [6.07, 6.45) is 1.18. The van der Waals surface area contributed by atoms with Gasteiger partial charge in [-0.2, -0.15) is 4.52 Å². The minimum Gasteiger partial charge on any atom is -0.508 e. The molecule has 0 bridgehead atoms. The van der Waals surface area contributed by atoms with E-state index in [0.29, 0.717) is 48.2 Å². The van der Waals surface area contributed by atoms with Crippen molar-refractivity contribution < 1.29 is 18.3 Å². The van der Waals surface area contributed by atoms with Gasteiger partial charge in [0, 0.05) is 51.9 Å². The summed E-state index contributed by atoms with van der Waals surface area (Å²) in [6, 6.07) is 6.62. The average molecular weight is 489 g/mol. The average Bonchev–Trinajstić information content (AvgIpc) is 3.23. The van der Waals surface area contributed by atoms with Crippen molar-refractivity contribution in [3.05, 3.63) is 24.3 Å². The number of phenolic OH excluding ortho intramolecular Hbond substituents is 1. The molecule has 0 radical (unpaired) electrons. The molecule has 2 aliphatic heterocycles. The van der Waals surface area contributed by atoms with Crippen molar-refractivity contribution in [2.75, 3.05) is 74.9 Å². The molecular formula is C21H28N8O4S. The molecule has 13 heteroatoms. The van der Waals surface area contributed by atoms with Gasteiger partial charge in [-0.1, -0.05) is 12.1 Å². The maximum absolute atomic E-state index is 13.0. The Labute approximate surface area is 197 Å². The number of fused-ring (bicyclic) bond motifs is 3. The monoisotopic (exact) mass is 488 g/mol. The van der Waals surface area contributed by atoms with E-state index < -0.39 is 10.0 Å². The Balaban J connectivity index is 1.65. The van der Waals surface area contributed by atoms with E-state index in [9.17, 15) is 13.5 Å². The molecule has 0 spiro atoms. The first kappa shape index (κ1) is 22.6. The predicted molar refractivity (Wildman–Crippen MR) is 128 cm³/mol. The molecule has 182 valence electrons. The zero-order valence-electron chi connectivity index (χ0n) is 19.2. The summed E-state index contributed by atoms with van der Waals surface area (Å²) in [5.74, 6) is 1.06. The molecule has 1 saturated heterocycles. The van der Waals surface area contributed by atoms with Crippen LogP contribution < -0.4 is 19.3 Å². The second-order valence-corrected chi connectivity index (χ2v) is 10.4. The van der Waals surface area contributed by atoms with Crippen LogP contribution in [0.25, 0.3) is 17.0 Å². The maximum atomic E-state index is 13.0. The molecule has 0 amide bonds. The lowest BCUT2D eigenvalue weighted by Gasteiger charge is -2.33. The third-order valence-electron chi connectivity index (χ3n) is 6.09. The van der Waals surface area contributed by atoms with Crippen molar-refractivity contribution in [3.8, 4) is 22.9 Å². The highest BCUT2D eigenvalue weighted by Gasteiger charge is 2.33. The maximum Gasteiger partial charge on any atom is 0.233 e. The Morgan fingerprint density at radius 1 is 1.21 bits per heavy atom. The third kappa shape index (κ3) is 4.21. The lowest BCUT2D eigenvalue weighted by atomic mass is 10.2. The lowest BCUT2D eigenvalue weighted by molar-refractivity contribution is 0.247. The molecule has 4 heterocycles. The predicted octanol–water partition coefficient (Wildman–Crippen LogP) is -0.00330. The second-order valence-electron chi connectivity index (χ2n) is 8.51. The van der Waals surface area contributed by atoms with Crippen LogP contribution in [0.2, 0.25) is 0 Å². The van der Waals surface area contributed by atoms with E-state index in [0.717, 1.165) is 26.2 Å². The summed E-state index contributed by atoms with van der Waals surface area (Å²) in [5, 5.41) is 26.6. The zero-order valence-corrected chi connectivity index (χ0v) is 20.0. The van der Waals surface area contributed by atoms with Crippen LogP contribution >= 0.6 is 0 Å². The van der Waals surface area contributed by atoms with Crippen molar-refractivity contribution >= 4 is 27.2 Å². The molecule has 12 nitrogen and oxygen atoms in total. The number of phenols is 1. The molecule has 5 rings (SSSR count). The Bertz CT molecular complexity index is 1310. The van der Waals surface area contributed by atoms with Crippen molar-refractivity contribution in [1.82, 2.24) is 30.0 Å². The third-order valence-corrected chi connectivity index (χ3v) is 7.25. The van der Waals surface area contributed by atoms with Crippen LogP contribution in [0.15, 0.2) is 24.3 Å². The summed E-state index contributed by atoms with van der Waals surface area (Å²) in [4.78, 5) is 4.20. The number of nitrogens with zero attached hydrogens (tertiary/aromatic N) is 7. The van der Waals surface area contributed by atoms with Crippen molar-refractivity contribution in [2.24, 2.45) is 0 Å². The summed E-state index contributed by atoms with van der Waals surface area (Å²) < 4.78 is 34.7. The van der Waals surface area contributed by atoms with E-state index in [2.05, 4.69) is 20.4 Å². The van der Waals surface area contributed by atoms with Crippen molar-refractivity contribution in [1.29, 1.82) is 0 Å². The molecule has 2 aliphatic rings. The number of piperazine rings is 1. The molecule has 34 heavy (non-hydrogen) atoms. The van der Waals surface area contributed by atoms with E-state index in [1.165, 1.54) is 15.1 Å². The van der Waals surface area contributed by atoms with E-state index in [1.807, 2.05) is 11.9 Å². The van der Waals surface area contributed by atoms with Gasteiger partial charge in [0.15, 0.2) is 11.6 Å².